The number of benzene rings is 1. The number of hydrogen-bond donors (Lipinski definition) is 1. The molecule has 96 valence electrons. The van der Waals surface area contributed by atoms with Crippen LogP contribution < -0.4 is 5.32 Å². The van der Waals surface area contributed by atoms with E-state index in [2.05, 4.69) is 24.1 Å². The molecule has 0 saturated carbocycles. The molecule has 0 radical (unpaired) electrons. The maximum absolute atomic E-state index is 13.0. The highest BCUT2D eigenvalue weighted by Gasteiger charge is 2.09. The van der Waals surface area contributed by atoms with Crippen LogP contribution >= 0.6 is 0 Å². The normalized spacial score (nSPS) is 11.2. The minimum atomic E-state index is -0.238. The number of halogens is 1. The van der Waals surface area contributed by atoms with Gasteiger partial charge in [0.05, 0.1) is 12.7 Å². The first-order valence-corrected chi connectivity index (χ1v) is 6.01. The van der Waals surface area contributed by atoms with Crippen molar-refractivity contribution < 1.29 is 8.81 Å². The zero-order valence-corrected chi connectivity index (χ0v) is 10.8. The second kappa shape index (κ2) is 5.31. The molecule has 2 aromatic rings. The van der Waals surface area contributed by atoms with Crippen molar-refractivity contribution in [2.75, 3.05) is 0 Å². The Morgan fingerprint density at radius 3 is 2.83 bits per heavy atom. The smallest absolute Gasteiger partial charge is 0.208 e. The number of nitrogens with one attached hydrogen (secondary N) is 1. The lowest BCUT2D eigenvalue weighted by molar-refractivity contribution is 0.459. The van der Waals surface area contributed by atoms with Crippen LogP contribution in [0.2, 0.25) is 0 Å². The average molecular weight is 248 g/mol. The maximum atomic E-state index is 13.0. The van der Waals surface area contributed by atoms with Gasteiger partial charge in [0.2, 0.25) is 5.89 Å². The van der Waals surface area contributed by atoms with E-state index in [9.17, 15) is 4.39 Å². The summed E-state index contributed by atoms with van der Waals surface area (Å²) in [5.41, 5.74) is 1.72. The van der Waals surface area contributed by atoms with Gasteiger partial charge in [-0.3, -0.25) is 0 Å². The molecule has 18 heavy (non-hydrogen) atoms. The number of aryl methyl sites for hydroxylation is 1. The van der Waals surface area contributed by atoms with Crippen LogP contribution in [0.1, 0.15) is 25.3 Å². The zero-order valence-electron chi connectivity index (χ0n) is 10.8. The Hall–Kier alpha value is -1.68. The summed E-state index contributed by atoms with van der Waals surface area (Å²) in [6, 6.07) is 5.01. The van der Waals surface area contributed by atoms with Gasteiger partial charge in [-0.15, -0.1) is 0 Å². The van der Waals surface area contributed by atoms with Gasteiger partial charge in [0.25, 0.3) is 0 Å². The Morgan fingerprint density at radius 1 is 1.39 bits per heavy atom. The van der Waals surface area contributed by atoms with E-state index in [1.54, 1.807) is 12.3 Å². The second-order valence-corrected chi connectivity index (χ2v) is 4.61. The summed E-state index contributed by atoms with van der Waals surface area (Å²) >= 11 is 0. The molecule has 0 fully saturated rings. The Bertz CT molecular complexity index is 534. The predicted molar refractivity (Wildman–Crippen MR) is 68.6 cm³/mol. The molecule has 0 saturated heterocycles. The first-order chi connectivity index (χ1) is 8.56. The summed E-state index contributed by atoms with van der Waals surface area (Å²) in [4.78, 5) is 4.21. The van der Waals surface area contributed by atoms with Crippen molar-refractivity contribution in [3.8, 4) is 11.3 Å². The molecule has 0 amide bonds. The lowest BCUT2D eigenvalue weighted by atomic mass is 10.1. The summed E-state index contributed by atoms with van der Waals surface area (Å²) in [6.45, 7) is 6.58. The molecule has 1 N–H and O–H groups in total. The average Bonchev–Trinajstić information content (AvgIpc) is 2.75. The number of rotatable bonds is 4. The van der Waals surface area contributed by atoms with E-state index in [0.29, 0.717) is 24.2 Å². The van der Waals surface area contributed by atoms with Crippen LogP contribution in [0.4, 0.5) is 4.39 Å². The van der Waals surface area contributed by atoms with Crippen molar-refractivity contribution in [3.05, 3.63) is 41.7 Å². The van der Waals surface area contributed by atoms with E-state index in [4.69, 9.17) is 4.42 Å². The third-order valence-electron chi connectivity index (χ3n) is 2.67. The predicted octanol–water partition coefficient (Wildman–Crippen LogP) is 3.29. The molecule has 0 bridgehead atoms. The molecular formula is C14H17FN2O. The monoisotopic (exact) mass is 248 g/mol. The van der Waals surface area contributed by atoms with Crippen LogP contribution in [0.25, 0.3) is 11.3 Å². The minimum Gasteiger partial charge on any atom is -0.439 e. The Balaban J connectivity index is 2.18. The first-order valence-electron chi connectivity index (χ1n) is 6.01. The lowest BCUT2D eigenvalue weighted by Crippen LogP contribution is -2.21. The summed E-state index contributed by atoms with van der Waals surface area (Å²) < 4.78 is 18.7. The van der Waals surface area contributed by atoms with Crippen LogP contribution in [0.3, 0.4) is 0 Å². The van der Waals surface area contributed by atoms with Crippen molar-refractivity contribution >= 4 is 0 Å². The Morgan fingerprint density at radius 2 is 2.17 bits per heavy atom. The molecule has 3 nitrogen and oxygen atoms in total. The van der Waals surface area contributed by atoms with Gasteiger partial charge in [-0.1, -0.05) is 13.8 Å². The number of aromatic nitrogens is 1. The summed E-state index contributed by atoms with van der Waals surface area (Å²) in [6.07, 6.45) is 1.68. The van der Waals surface area contributed by atoms with Crippen molar-refractivity contribution in [2.24, 2.45) is 0 Å². The fourth-order valence-corrected chi connectivity index (χ4v) is 1.71. The SMILES string of the molecule is Cc1cc(F)ccc1-c1cnc(CNC(C)C)o1. The summed E-state index contributed by atoms with van der Waals surface area (Å²) in [5.74, 6) is 1.08. The summed E-state index contributed by atoms with van der Waals surface area (Å²) in [7, 11) is 0. The Kier molecular flexibility index (Phi) is 3.77. The molecule has 1 aromatic heterocycles. The van der Waals surface area contributed by atoms with E-state index in [1.807, 2.05) is 6.92 Å². The highest BCUT2D eigenvalue weighted by molar-refractivity contribution is 5.60. The molecule has 0 unspecified atom stereocenters. The molecule has 0 aliphatic heterocycles. The molecule has 4 heteroatoms. The Labute approximate surface area is 106 Å². The van der Waals surface area contributed by atoms with Crippen molar-refractivity contribution in [1.82, 2.24) is 10.3 Å². The van der Waals surface area contributed by atoms with Crippen molar-refractivity contribution in [3.63, 3.8) is 0 Å². The van der Waals surface area contributed by atoms with E-state index in [0.717, 1.165) is 11.1 Å². The van der Waals surface area contributed by atoms with E-state index in [1.165, 1.54) is 12.1 Å². The first kappa shape index (κ1) is 12.8. The van der Waals surface area contributed by atoms with Crippen LogP contribution in [0.15, 0.2) is 28.8 Å². The van der Waals surface area contributed by atoms with Gasteiger partial charge in [-0.05, 0) is 30.7 Å². The number of nitrogens with zero attached hydrogens (tertiary/aromatic N) is 1. The van der Waals surface area contributed by atoms with Gasteiger partial charge in [0.1, 0.15) is 5.82 Å². The van der Waals surface area contributed by atoms with Crippen LogP contribution in [-0.2, 0) is 6.54 Å². The molecule has 0 aliphatic rings. The molecule has 0 spiro atoms. The fraction of sp³-hybridized carbons (Fsp3) is 0.357. The van der Waals surface area contributed by atoms with Gasteiger partial charge in [0, 0.05) is 11.6 Å². The summed E-state index contributed by atoms with van der Waals surface area (Å²) in [5, 5.41) is 3.23. The third kappa shape index (κ3) is 2.96. The maximum Gasteiger partial charge on any atom is 0.208 e. The largest absolute Gasteiger partial charge is 0.439 e. The van der Waals surface area contributed by atoms with Gasteiger partial charge < -0.3 is 9.73 Å². The van der Waals surface area contributed by atoms with E-state index in [-0.39, 0.29) is 5.82 Å². The molecule has 0 atom stereocenters. The molecule has 1 heterocycles. The van der Waals surface area contributed by atoms with Crippen LogP contribution in [-0.4, -0.2) is 11.0 Å². The van der Waals surface area contributed by atoms with Gasteiger partial charge in [0.15, 0.2) is 5.76 Å². The highest BCUT2D eigenvalue weighted by Crippen LogP contribution is 2.24. The van der Waals surface area contributed by atoms with Crippen molar-refractivity contribution in [1.29, 1.82) is 0 Å². The molecular weight excluding hydrogens is 231 g/mol. The van der Waals surface area contributed by atoms with Crippen LogP contribution in [0.5, 0.6) is 0 Å². The zero-order chi connectivity index (χ0) is 13.1. The van der Waals surface area contributed by atoms with Gasteiger partial charge in [-0.25, -0.2) is 9.37 Å². The van der Waals surface area contributed by atoms with E-state index < -0.39 is 0 Å². The topological polar surface area (TPSA) is 38.1 Å². The van der Waals surface area contributed by atoms with E-state index >= 15 is 0 Å². The lowest BCUT2D eigenvalue weighted by Gasteiger charge is -2.04. The molecule has 0 aliphatic carbocycles. The molecule has 2 rings (SSSR count). The fourth-order valence-electron chi connectivity index (χ4n) is 1.71. The highest BCUT2D eigenvalue weighted by atomic mass is 19.1. The molecule has 1 aromatic carbocycles. The third-order valence-corrected chi connectivity index (χ3v) is 2.67. The second-order valence-electron chi connectivity index (χ2n) is 4.61. The van der Waals surface area contributed by atoms with Gasteiger partial charge >= 0.3 is 0 Å². The van der Waals surface area contributed by atoms with Gasteiger partial charge in [-0.2, -0.15) is 0 Å². The van der Waals surface area contributed by atoms with Crippen LogP contribution in [0, 0.1) is 12.7 Å². The standard InChI is InChI=1S/C14H17FN2O/c1-9(2)16-8-14-17-7-13(18-14)12-5-4-11(15)6-10(12)3/h4-7,9,16H,8H2,1-3H3. The van der Waals surface area contributed by atoms with Crippen molar-refractivity contribution in [2.45, 2.75) is 33.4 Å². The number of oxazole rings is 1. The quantitative estimate of drug-likeness (QED) is 0.902. The number of hydrogen-bond acceptors (Lipinski definition) is 3. The minimum absolute atomic E-state index is 0.238.